The molecule has 1 N–H and O–H groups in total. The molecule has 0 unspecified atom stereocenters. The van der Waals surface area contributed by atoms with Crippen molar-refractivity contribution in [2.75, 3.05) is 6.61 Å². The summed E-state index contributed by atoms with van der Waals surface area (Å²) in [5.74, 6) is 0.366. The number of rotatable bonds is 6. The summed E-state index contributed by atoms with van der Waals surface area (Å²) in [7, 11) is 0. The topological polar surface area (TPSA) is 85.6 Å². The Kier molecular flexibility index (Phi) is 5.81. The molecule has 2 aromatic heterocycles. The number of amides is 1. The number of carbonyl (C=O) groups is 1. The van der Waals surface area contributed by atoms with Gasteiger partial charge < -0.3 is 10.1 Å². The number of benzene rings is 2. The highest BCUT2D eigenvalue weighted by atomic mass is 32.1. The SMILES string of the molecule is Cc1cc(C)cc(OCC(=O)NCc2cc(=O)n3nc(-c4ccccc4C)sc3n2)c1. The molecule has 0 aliphatic heterocycles. The van der Waals surface area contributed by atoms with Gasteiger partial charge in [-0.1, -0.05) is 41.7 Å². The molecule has 8 heteroatoms. The fourth-order valence-electron chi connectivity index (χ4n) is 3.27. The first kappa shape index (κ1) is 20.7. The Morgan fingerprint density at radius 3 is 2.58 bits per heavy atom. The molecule has 0 spiro atoms. The van der Waals surface area contributed by atoms with Gasteiger partial charge in [-0.3, -0.25) is 9.59 Å². The fourth-order valence-corrected chi connectivity index (χ4v) is 4.29. The van der Waals surface area contributed by atoms with Gasteiger partial charge in [-0.15, -0.1) is 0 Å². The molecule has 0 bridgehead atoms. The van der Waals surface area contributed by atoms with Crippen molar-refractivity contribution in [1.82, 2.24) is 19.9 Å². The lowest BCUT2D eigenvalue weighted by Gasteiger charge is -2.09. The molecule has 0 saturated carbocycles. The zero-order chi connectivity index (χ0) is 22.0. The Labute approximate surface area is 183 Å². The van der Waals surface area contributed by atoms with E-state index in [0.29, 0.717) is 16.4 Å². The number of nitrogens with one attached hydrogen (secondary N) is 1. The summed E-state index contributed by atoms with van der Waals surface area (Å²) in [6.45, 7) is 5.98. The van der Waals surface area contributed by atoms with Crippen LogP contribution in [0.5, 0.6) is 5.75 Å². The van der Waals surface area contributed by atoms with Gasteiger partial charge in [0.1, 0.15) is 10.8 Å². The normalized spacial score (nSPS) is 10.9. The van der Waals surface area contributed by atoms with Crippen LogP contribution in [0.2, 0.25) is 0 Å². The summed E-state index contributed by atoms with van der Waals surface area (Å²) < 4.78 is 6.86. The summed E-state index contributed by atoms with van der Waals surface area (Å²) in [5.41, 5.74) is 4.38. The summed E-state index contributed by atoms with van der Waals surface area (Å²) in [5, 5.41) is 7.88. The predicted octanol–water partition coefficient (Wildman–Crippen LogP) is 3.44. The first-order chi connectivity index (χ1) is 14.9. The molecule has 0 saturated heterocycles. The fraction of sp³-hybridized carbons (Fsp3) is 0.217. The van der Waals surface area contributed by atoms with Crippen molar-refractivity contribution in [3.63, 3.8) is 0 Å². The van der Waals surface area contributed by atoms with E-state index in [1.165, 1.54) is 21.9 Å². The number of hydrogen-bond donors (Lipinski definition) is 1. The van der Waals surface area contributed by atoms with Crippen LogP contribution in [0, 0.1) is 20.8 Å². The average molecular weight is 435 g/mol. The van der Waals surface area contributed by atoms with E-state index in [1.54, 1.807) is 0 Å². The number of hydrogen-bond acceptors (Lipinski definition) is 6. The molecule has 0 atom stereocenters. The van der Waals surface area contributed by atoms with Crippen molar-refractivity contribution in [2.24, 2.45) is 0 Å². The number of nitrogens with zero attached hydrogens (tertiary/aromatic N) is 3. The Balaban J connectivity index is 1.44. The van der Waals surface area contributed by atoms with Gasteiger partial charge in [-0.05, 0) is 49.6 Å². The molecule has 0 aliphatic carbocycles. The maximum atomic E-state index is 12.5. The van der Waals surface area contributed by atoms with E-state index in [9.17, 15) is 9.59 Å². The van der Waals surface area contributed by atoms with Gasteiger partial charge in [-0.25, -0.2) is 4.98 Å². The van der Waals surface area contributed by atoms with E-state index in [2.05, 4.69) is 15.4 Å². The highest BCUT2D eigenvalue weighted by molar-refractivity contribution is 7.19. The molecular weight excluding hydrogens is 412 g/mol. The lowest BCUT2D eigenvalue weighted by atomic mass is 10.1. The highest BCUT2D eigenvalue weighted by Gasteiger charge is 2.13. The summed E-state index contributed by atoms with van der Waals surface area (Å²) >= 11 is 1.34. The van der Waals surface area contributed by atoms with Crippen molar-refractivity contribution in [1.29, 1.82) is 0 Å². The van der Waals surface area contributed by atoms with Crippen LogP contribution in [0.1, 0.15) is 22.4 Å². The minimum absolute atomic E-state index is 0.109. The third kappa shape index (κ3) is 4.80. The highest BCUT2D eigenvalue weighted by Crippen LogP contribution is 2.26. The second-order valence-corrected chi connectivity index (χ2v) is 8.35. The van der Waals surface area contributed by atoms with Gasteiger partial charge in [0.25, 0.3) is 11.5 Å². The van der Waals surface area contributed by atoms with Crippen LogP contribution < -0.4 is 15.6 Å². The van der Waals surface area contributed by atoms with Crippen molar-refractivity contribution in [2.45, 2.75) is 27.3 Å². The molecule has 158 valence electrons. The monoisotopic (exact) mass is 434 g/mol. The Hall–Kier alpha value is -3.52. The second-order valence-electron chi connectivity index (χ2n) is 7.39. The van der Waals surface area contributed by atoms with Crippen molar-refractivity contribution in [3.05, 3.63) is 81.3 Å². The lowest BCUT2D eigenvalue weighted by Crippen LogP contribution is -2.29. The Morgan fingerprint density at radius 1 is 1.10 bits per heavy atom. The van der Waals surface area contributed by atoms with E-state index in [-0.39, 0.29) is 24.6 Å². The van der Waals surface area contributed by atoms with E-state index in [0.717, 1.165) is 27.3 Å². The van der Waals surface area contributed by atoms with Crippen molar-refractivity contribution >= 4 is 22.2 Å². The van der Waals surface area contributed by atoms with E-state index in [1.807, 2.05) is 63.2 Å². The number of ether oxygens (including phenoxy) is 1. The van der Waals surface area contributed by atoms with Crippen molar-refractivity contribution in [3.8, 4) is 16.3 Å². The van der Waals surface area contributed by atoms with Crippen LogP contribution >= 0.6 is 11.3 Å². The molecule has 4 aromatic rings. The van der Waals surface area contributed by atoms with E-state index < -0.39 is 0 Å². The van der Waals surface area contributed by atoms with Crippen LogP contribution in [0.3, 0.4) is 0 Å². The largest absolute Gasteiger partial charge is 0.484 e. The van der Waals surface area contributed by atoms with E-state index in [4.69, 9.17) is 4.74 Å². The first-order valence-corrected chi connectivity index (χ1v) is 10.6. The first-order valence-electron chi connectivity index (χ1n) is 9.82. The maximum absolute atomic E-state index is 12.5. The van der Waals surface area contributed by atoms with Crippen LogP contribution in [0.25, 0.3) is 15.5 Å². The van der Waals surface area contributed by atoms with E-state index >= 15 is 0 Å². The number of carbonyl (C=O) groups excluding carboxylic acids is 1. The molecule has 1 amide bonds. The zero-order valence-corrected chi connectivity index (χ0v) is 18.3. The molecule has 31 heavy (non-hydrogen) atoms. The second kappa shape index (κ2) is 8.69. The Morgan fingerprint density at radius 2 is 1.84 bits per heavy atom. The third-order valence-electron chi connectivity index (χ3n) is 4.71. The molecule has 0 radical (unpaired) electrons. The van der Waals surface area contributed by atoms with Crippen LogP contribution in [0.4, 0.5) is 0 Å². The van der Waals surface area contributed by atoms with Crippen LogP contribution in [-0.2, 0) is 11.3 Å². The van der Waals surface area contributed by atoms with Gasteiger partial charge in [-0.2, -0.15) is 9.61 Å². The molecule has 4 rings (SSSR count). The summed E-state index contributed by atoms with van der Waals surface area (Å²) in [4.78, 5) is 29.6. The Bertz CT molecular complexity index is 1310. The van der Waals surface area contributed by atoms with Gasteiger partial charge >= 0.3 is 0 Å². The maximum Gasteiger partial charge on any atom is 0.275 e. The third-order valence-corrected chi connectivity index (χ3v) is 5.65. The standard InChI is InChI=1S/C23H22N4O3S/c1-14-8-15(2)10-18(9-14)30-13-20(28)24-12-17-11-21(29)27-23(25-17)31-22(26-27)19-7-5-4-6-16(19)3/h4-11H,12-13H2,1-3H3,(H,24,28). The lowest BCUT2D eigenvalue weighted by molar-refractivity contribution is -0.123. The number of fused-ring (bicyclic) bond motifs is 1. The van der Waals surface area contributed by atoms with Crippen molar-refractivity contribution < 1.29 is 9.53 Å². The van der Waals surface area contributed by atoms with Gasteiger partial charge in [0.05, 0.1) is 12.2 Å². The van der Waals surface area contributed by atoms with Crippen LogP contribution in [-0.4, -0.2) is 27.1 Å². The summed E-state index contributed by atoms with van der Waals surface area (Å²) in [6.07, 6.45) is 0. The molecule has 7 nitrogen and oxygen atoms in total. The molecule has 2 aromatic carbocycles. The minimum atomic E-state index is -0.286. The minimum Gasteiger partial charge on any atom is -0.484 e. The summed E-state index contributed by atoms with van der Waals surface area (Å²) in [6, 6.07) is 15.1. The van der Waals surface area contributed by atoms with Gasteiger partial charge in [0.15, 0.2) is 6.61 Å². The molecule has 0 fully saturated rings. The molecular formula is C23H22N4O3S. The van der Waals surface area contributed by atoms with Gasteiger partial charge in [0, 0.05) is 11.6 Å². The smallest absolute Gasteiger partial charge is 0.275 e. The quantitative estimate of drug-likeness (QED) is 0.502. The average Bonchev–Trinajstić information content (AvgIpc) is 3.15. The number of aromatic nitrogens is 3. The molecule has 2 heterocycles. The van der Waals surface area contributed by atoms with Gasteiger partial charge in [0.2, 0.25) is 4.96 Å². The van der Waals surface area contributed by atoms with Crippen LogP contribution in [0.15, 0.2) is 53.3 Å². The number of aryl methyl sites for hydroxylation is 3. The predicted molar refractivity (Wildman–Crippen MR) is 121 cm³/mol. The molecule has 0 aliphatic rings. The zero-order valence-electron chi connectivity index (χ0n) is 17.5.